The van der Waals surface area contributed by atoms with Gasteiger partial charge in [0, 0.05) is 5.69 Å². The van der Waals surface area contributed by atoms with Gasteiger partial charge in [0.05, 0.1) is 13.5 Å². The van der Waals surface area contributed by atoms with Crippen LogP contribution < -0.4 is 5.73 Å². The topological polar surface area (TPSA) is 52.3 Å². The zero-order valence-electron chi connectivity index (χ0n) is 10.2. The monoisotopic (exact) mass is 221 g/mol. The van der Waals surface area contributed by atoms with E-state index >= 15 is 0 Å². The molecule has 0 unspecified atom stereocenters. The third-order valence-electron chi connectivity index (χ3n) is 2.77. The van der Waals surface area contributed by atoms with Crippen LogP contribution in [-0.4, -0.2) is 13.1 Å². The van der Waals surface area contributed by atoms with Gasteiger partial charge in [0.25, 0.3) is 0 Å². The molecule has 0 aliphatic carbocycles. The first-order valence-corrected chi connectivity index (χ1v) is 5.59. The summed E-state index contributed by atoms with van der Waals surface area (Å²) in [7, 11) is 1.41. The Labute approximate surface area is 96.6 Å². The van der Waals surface area contributed by atoms with Crippen molar-refractivity contribution >= 4 is 11.7 Å². The van der Waals surface area contributed by atoms with Crippen LogP contribution in [0, 0.1) is 0 Å². The number of ether oxygens (including phenoxy) is 1. The molecule has 0 bridgehead atoms. The maximum Gasteiger partial charge on any atom is 0.309 e. The number of methoxy groups -OCH3 is 1. The summed E-state index contributed by atoms with van der Waals surface area (Å²) in [5.74, 6) is -0.200. The Hall–Kier alpha value is -1.51. The van der Waals surface area contributed by atoms with E-state index in [1.54, 1.807) is 0 Å². The normalized spacial score (nSPS) is 10.2. The standard InChI is InChI=1S/C13H19NO2/c1-4-9-6-11(14)7-10(5-2)12(9)8-13(15)16-3/h6-7H,4-5,8,14H2,1-3H3. The van der Waals surface area contributed by atoms with E-state index in [1.165, 1.54) is 7.11 Å². The molecule has 1 aromatic rings. The highest BCUT2D eigenvalue weighted by Crippen LogP contribution is 2.21. The van der Waals surface area contributed by atoms with Crippen molar-refractivity contribution < 1.29 is 9.53 Å². The molecule has 0 radical (unpaired) electrons. The fourth-order valence-corrected chi connectivity index (χ4v) is 1.90. The van der Waals surface area contributed by atoms with E-state index in [0.29, 0.717) is 6.42 Å². The third-order valence-corrected chi connectivity index (χ3v) is 2.77. The molecule has 88 valence electrons. The highest BCUT2D eigenvalue weighted by molar-refractivity contribution is 5.74. The molecule has 0 amide bonds. The summed E-state index contributed by atoms with van der Waals surface area (Å²) in [5, 5.41) is 0. The van der Waals surface area contributed by atoms with Gasteiger partial charge in [0.15, 0.2) is 0 Å². The SMILES string of the molecule is CCc1cc(N)cc(CC)c1CC(=O)OC. The smallest absolute Gasteiger partial charge is 0.309 e. The zero-order valence-corrected chi connectivity index (χ0v) is 10.2. The molecule has 0 fully saturated rings. The lowest BCUT2D eigenvalue weighted by molar-refractivity contribution is -0.139. The number of esters is 1. The molecule has 0 aromatic heterocycles. The molecule has 2 N–H and O–H groups in total. The first kappa shape index (κ1) is 12.6. The molecule has 1 rings (SSSR count). The first-order valence-electron chi connectivity index (χ1n) is 5.59. The van der Waals surface area contributed by atoms with Crippen LogP contribution in [0.5, 0.6) is 0 Å². The fourth-order valence-electron chi connectivity index (χ4n) is 1.90. The van der Waals surface area contributed by atoms with Gasteiger partial charge in [-0.15, -0.1) is 0 Å². The van der Waals surface area contributed by atoms with Gasteiger partial charge < -0.3 is 10.5 Å². The molecule has 0 spiro atoms. The van der Waals surface area contributed by atoms with Crippen molar-refractivity contribution in [3.8, 4) is 0 Å². The fraction of sp³-hybridized carbons (Fsp3) is 0.462. The average molecular weight is 221 g/mol. The average Bonchev–Trinajstić information content (AvgIpc) is 2.30. The molecule has 3 heteroatoms. The van der Waals surface area contributed by atoms with Crippen molar-refractivity contribution in [2.24, 2.45) is 0 Å². The van der Waals surface area contributed by atoms with E-state index in [0.717, 1.165) is 35.2 Å². The molecule has 0 aliphatic heterocycles. The summed E-state index contributed by atoms with van der Waals surface area (Å²) >= 11 is 0. The molecule has 0 saturated heterocycles. The summed E-state index contributed by atoms with van der Waals surface area (Å²) in [6.07, 6.45) is 2.10. The van der Waals surface area contributed by atoms with Crippen molar-refractivity contribution in [2.75, 3.05) is 12.8 Å². The second kappa shape index (κ2) is 5.54. The van der Waals surface area contributed by atoms with Crippen molar-refractivity contribution in [3.05, 3.63) is 28.8 Å². The molecule has 16 heavy (non-hydrogen) atoms. The maximum absolute atomic E-state index is 11.3. The van der Waals surface area contributed by atoms with Gasteiger partial charge in [0.2, 0.25) is 0 Å². The van der Waals surface area contributed by atoms with Crippen LogP contribution in [0.4, 0.5) is 5.69 Å². The van der Waals surface area contributed by atoms with E-state index in [9.17, 15) is 4.79 Å². The number of anilines is 1. The van der Waals surface area contributed by atoms with E-state index < -0.39 is 0 Å². The summed E-state index contributed by atoms with van der Waals surface area (Å²) < 4.78 is 4.71. The zero-order chi connectivity index (χ0) is 12.1. The molecule has 0 saturated carbocycles. The third kappa shape index (κ3) is 2.75. The first-order chi connectivity index (χ1) is 7.62. The summed E-state index contributed by atoms with van der Waals surface area (Å²) in [4.78, 5) is 11.3. The number of nitrogens with two attached hydrogens (primary N) is 1. The molecule has 1 aromatic carbocycles. The van der Waals surface area contributed by atoms with Crippen LogP contribution in [0.3, 0.4) is 0 Å². The Kier molecular flexibility index (Phi) is 4.35. The van der Waals surface area contributed by atoms with Crippen molar-refractivity contribution in [2.45, 2.75) is 33.1 Å². The number of carbonyl (C=O) groups excluding carboxylic acids is 1. The summed E-state index contributed by atoms with van der Waals surface area (Å²) in [6, 6.07) is 3.88. The summed E-state index contributed by atoms with van der Waals surface area (Å²) in [6.45, 7) is 4.13. The maximum atomic E-state index is 11.3. The molecule has 0 aliphatic rings. The second-order valence-electron chi connectivity index (χ2n) is 3.78. The van der Waals surface area contributed by atoms with E-state index in [2.05, 4.69) is 13.8 Å². The van der Waals surface area contributed by atoms with Gasteiger partial charge in [-0.1, -0.05) is 13.8 Å². The number of aryl methyl sites for hydroxylation is 2. The van der Waals surface area contributed by atoms with Gasteiger partial charge in [-0.3, -0.25) is 4.79 Å². The van der Waals surface area contributed by atoms with Gasteiger partial charge >= 0.3 is 5.97 Å². The van der Waals surface area contributed by atoms with E-state index in [-0.39, 0.29) is 5.97 Å². The van der Waals surface area contributed by atoms with Crippen LogP contribution in [0.25, 0.3) is 0 Å². The lowest BCUT2D eigenvalue weighted by atomic mass is 9.94. The van der Waals surface area contributed by atoms with Crippen molar-refractivity contribution in [1.82, 2.24) is 0 Å². The Balaban J connectivity index is 3.16. The van der Waals surface area contributed by atoms with E-state index in [4.69, 9.17) is 10.5 Å². The van der Waals surface area contributed by atoms with Crippen LogP contribution in [0.15, 0.2) is 12.1 Å². The number of hydrogen-bond acceptors (Lipinski definition) is 3. The van der Waals surface area contributed by atoms with Crippen molar-refractivity contribution in [3.63, 3.8) is 0 Å². The molecular weight excluding hydrogens is 202 g/mol. The lowest BCUT2D eigenvalue weighted by Gasteiger charge is -2.13. The van der Waals surface area contributed by atoms with Gasteiger partial charge in [-0.25, -0.2) is 0 Å². The minimum Gasteiger partial charge on any atom is -0.469 e. The number of carbonyl (C=O) groups is 1. The minimum atomic E-state index is -0.200. The molecule has 3 nitrogen and oxygen atoms in total. The number of benzene rings is 1. The Morgan fingerprint density at radius 3 is 2.12 bits per heavy atom. The van der Waals surface area contributed by atoms with Crippen molar-refractivity contribution in [1.29, 1.82) is 0 Å². The van der Waals surface area contributed by atoms with Gasteiger partial charge in [-0.2, -0.15) is 0 Å². The van der Waals surface area contributed by atoms with Crippen LogP contribution >= 0.6 is 0 Å². The lowest BCUT2D eigenvalue weighted by Crippen LogP contribution is -2.10. The minimum absolute atomic E-state index is 0.200. The molecular formula is C13H19NO2. The largest absolute Gasteiger partial charge is 0.469 e. The molecule has 0 heterocycles. The molecule has 0 atom stereocenters. The Morgan fingerprint density at radius 1 is 1.25 bits per heavy atom. The predicted molar refractivity (Wildman–Crippen MR) is 65.3 cm³/mol. The highest BCUT2D eigenvalue weighted by atomic mass is 16.5. The number of hydrogen-bond donors (Lipinski definition) is 1. The number of rotatable bonds is 4. The Bertz CT molecular complexity index is 361. The van der Waals surface area contributed by atoms with Gasteiger partial charge in [0.1, 0.15) is 0 Å². The highest BCUT2D eigenvalue weighted by Gasteiger charge is 2.12. The number of nitrogen functional groups attached to an aromatic ring is 1. The quantitative estimate of drug-likeness (QED) is 0.625. The summed E-state index contributed by atoms with van der Waals surface area (Å²) in [5.41, 5.74) is 9.95. The van der Waals surface area contributed by atoms with Crippen LogP contribution in [0.1, 0.15) is 30.5 Å². The van der Waals surface area contributed by atoms with Crippen LogP contribution in [-0.2, 0) is 28.8 Å². The Morgan fingerprint density at radius 2 is 1.75 bits per heavy atom. The van der Waals surface area contributed by atoms with Crippen LogP contribution in [0.2, 0.25) is 0 Å². The van der Waals surface area contributed by atoms with Gasteiger partial charge in [-0.05, 0) is 41.7 Å². The van der Waals surface area contributed by atoms with E-state index in [1.807, 2.05) is 12.1 Å². The second-order valence-corrected chi connectivity index (χ2v) is 3.78. The predicted octanol–water partition coefficient (Wildman–Crippen LogP) is 2.11.